The topological polar surface area (TPSA) is 46.3 Å². The summed E-state index contributed by atoms with van der Waals surface area (Å²) in [4.78, 5) is 13.8. The van der Waals surface area contributed by atoms with E-state index >= 15 is 0 Å². The molecule has 0 aliphatic heterocycles. The lowest BCUT2D eigenvalue weighted by Crippen LogP contribution is -2.27. The molecule has 20 heavy (non-hydrogen) atoms. The number of anilines is 1. The zero-order valence-electron chi connectivity index (χ0n) is 11.3. The first-order valence-electron chi connectivity index (χ1n) is 6.38. The van der Waals surface area contributed by atoms with Crippen molar-refractivity contribution in [2.45, 2.75) is 13.0 Å². The van der Waals surface area contributed by atoms with E-state index < -0.39 is 0 Å². The Morgan fingerprint density at radius 1 is 1.20 bits per heavy atom. The molecule has 104 valence electrons. The maximum absolute atomic E-state index is 12.2. The molecule has 0 atom stereocenters. The van der Waals surface area contributed by atoms with Gasteiger partial charge in [-0.2, -0.15) is 0 Å². The van der Waals surface area contributed by atoms with Crippen LogP contribution in [0.2, 0.25) is 5.02 Å². The number of hydrogen-bond donors (Lipinski definition) is 1. The summed E-state index contributed by atoms with van der Waals surface area (Å²) in [5, 5.41) is 0.624. The number of carbonyl (C=O) groups excluding carboxylic acids is 1. The Morgan fingerprint density at radius 3 is 2.60 bits per heavy atom. The number of benzene rings is 2. The van der Waals surface area contributed by atoms with Gasteiger partial charge >= 0.3 is 0 Å². The van der Waals surface area contributed by atoms with Gasteiger partial charge in [-0.3, -0.25) is 4.79 Å². The molecular weight excluding hydrogens is 272 g/mol. The van der Waals surface area contributed by atoms with Crippen LogP contribution in [0, 0.1) is 0 Å². The summed E-state index contributed by atoms with van der Waals surface area (Å²) in [5.74, 6) is 0.0506. The molecule has 0 aliphatic rings. The first-order chi connectivity index (χ1) is 9.56. The molecule has 0 saturated heterocycles. The molecule has 0 bridgehead atoms. The molecule has 0 fully saturated rings. The van der Waals surface area contributed by atoms with E-state index in [1.165, 1.54) is 0 Å². The molecule has 0 aliphatic carbocycles. The van der Waals surface area contributed by atoms with Gasteiger partial charge in [0.1, 0.15) is 0 Å². The van der Waals surface area contributed by atoms with Crippen LogP contribution in [-0.4, -0.2) is 17.9 Å². The van der Waals surface area contributed by atoms with E-state index in [1.54, 1.807) is 30.1 Å². The smallest absolute Gasteiger partial charge is 0.227 e. The molecule has 0 radical (unpaired) electrons. The van der Waals surface area contributed by atoms with Crippen LogP contribution in [0.3, 0.4) is 0 Å². The van der Waals surface area contributed by atoms with Crippen LogP contribution < -0.4 is 5.73 Å². The number of nitrogens with two attached hydrogens (primary N) is 1. The van der Waals surface area contributed by atoms with Gasteiger partial charge in [-0.1, -0.05) is 41.9 Å². The Kier molecular flexibility index (Phi) is 4.64. The fourth-order valence-electron chi connectivity index (χ4n) is 1.96. The number of carbonyl (C=O) groups is 1. The monoisotopic (exact) mass is 288 g/mol. The molecule has 4 heteroatoms. The average Bonchev–Trinajstić information content (AvgIpc) is 2.44. The van der Waals surface area contributed by atoms with E-state index in [9.17, 15) is 4.79 Å². The second kappa shape index (κ2) is 6.44. The van der Waals surface area contributed by atoms with Gasteiger partial charge in [0, 0.05) is 24.3 Å². The van der Waals surface area contributed by atoms with Crippen molar-refractivity contribution in [1.29, 1.82) is 0 Å². The minimum atomic E-state index is 0.0506. The number of halogens is 1. The second-order valence-electron chi connectivity index (χ2n) is 4.76. The summed E-state index contributed by atoms with van der Waals surface area (Å²) in [6.07, 6.45) is 0.386. The van der Waals surface area contributed by atoms with Crippen molar-refractivity contribution in [2.24, 2.45) is 0 Å². The first-order valence-corrected chi connectivity index (χ1v) is 6.76. The van der Waals surface area contributed by atoms with Gasteiger partial charge in [0.05, 0.1) is 6.42 Å². The summed E-state index contributed by atoms with van der Waals surface area (Å²) in [5.41, 5.74) is 8.25. The lowest BCUT2D eigenvalue weighted by molar-refractivity contribution is -0.129. The zero-order chi connectivity index (χ0) is 14.5. The van der Waals surface area contributed by atoms with Crippen LogP contribution in [0.4, 0.5) is 5.69 Å². The number of rotatable bonds is 4. The Labute approximate surface area is 124 Å². The van der Waals surface area contributed by atoms with E-state index in [0.29, 0.717) is 23.7 Å². The molecule has 1 amide bonds. The summed E-state index contributed by atoms with van der Waals surface area (Å²) >= 11 is 6.11. The van der Waals surface area contributed by atoms with Gasteiger partial charge in [0.25, 0.3) is 0 Å². The molecule has 2 aromatic rings. The van der Waals surface area contributed by atoms with Crippen LogP contribution in [-0.2, 0) is 17.8 Å². The summed E-state index contributed by atoms with van der Waals surface area (Å²) in [6, 6.07) is 15.0. The molecule has 0 unspecified atom stereocenters. The summed E-state index contributed by atoms with van der Waals surface area (Å²) in [7, 11) is 1.77. The number of amides is 1. The van der Waals surface area contributed by atoms with Crippen molar-refractivity contribution >= 4 is 23.2 Å². The van der Waals surface area contributed by atoms with Crippen molar-refractivity contribution in [2.75, 3.05) is 12.8 Å². The average molecular weight is 289 g/mol. The van der Waals surface area contributed by atoms with E-state index in [2.05, 4.69) is 0 Å². The van der Waals surface area contributed by atoms with Crippen LogP contribution >= 0.6 is 11.6 Å². The highest BCUT2D eigenvalue weighted by Crippen LogP contribution is 2.20. The summed E-state index contributed by atoms with van der Waals surface area (Å²) < 4.78 is 0. The Bertz CT molecular complexity index is 599. The number of nitrogens with zero attached hydrogens (tertiary/aromatic N) is 1. The lowest BCUT2D eigenvalue weighted by atomic mass is 10.1. The van der Waals surface area contributed by atoms with Gasteiger partial charge in [0.2, 0.25) is 5.91 Å². The van der Waals surface area contributed by atoms with Gasteiger partial charge in [-0.15, -0.1) is 0 Å². The van der Waals surface area contributed by atoms with Crippen molar-refractivity contribution in [3.8, 4) is 0 Å². The molecule has 0 aromatic heterocycles. The normalized spacial score (nSPS) is 10.3. The fraction of sp³-hybridized carbons (Fsp3) is 0.188. The Morgan fingerprint density at radius 2 is 1.90 bits per heavy atom. The van der Waals surface area contributed by atoms with Crippen LogP contribution in [0.5, 0.6) is 0 Å². The second-order valence-corrected chi connectivity index (χ2v) is 5.17. The van der Waals surface area contributed by atoms with E-state index in [-0.39, 0.29) is 5.91 Å². The third kappa shape index (κ3) is 3.75. The molecule has 2 aromatic carbocycles. The van der Waals surface area contributed by atoms with Crippen LogP contribution in [0.1, 0.15) is 11.1 Å². The highest BCUT2D eigenvalue weighted by atomic mass is 35.5. The number of nitrogen functional groups attached to an aromatic ring is 1. The SMILES string of the molecule is CN(Cc1cc(N)ccc1Cl)C(=O)Cc1ccccc1. The van der Waals surface area contributed by atoms with Gasteiger partial charge in [-0.25, -0.2) is 0 Å². The third-order valence-corrected chi connectivity index (χ3v) is 3.47. The van der Waals surface area contributed by atoms with E-state index in [1.807, 2.05) is 30.3 Å². The number of hydrogen-bond acceptors (Lipinski definition) is 2. The third-order valence-electron chi connectivity index (χ3n) is 3.10. The van der Waals surface area contributed by atoms with Crippen LogP contribution in [0.25, 0.3) is 0 Å². The number of likely N-dealkylation sites (N-methyl/N-ethyl adjacent to an activating group) is 1. The minimum absolute atomic E-state index is 0.0506. The predicted molar refractivity (Wildman–Crippen MR) is 82.5 cm³/mol. The lowest BCUT2D eigenvalue weighted by Gasteiger charge is -2.18. The van der Waals surface area contributed by atoms with Crippen LogP contribution in [0.15, 0.2) is 48.5 Å². The molecule has 0 heterocycles. The molecule has 2 rings (SSSR count). The van der Waals surface area contributed by atoms with Crippen molar-refractivity contribution in [3.05, 3.63) is 64.7 Å². The van der Waals surface area contributed by atoms with E-state index in [4.69, 9.17) is 17.3 Å². The minimum Gasteiger partial charge on any atom is -0.399 e. The van der Waals surface area contributed by atoms with E-state index in [0.717, 1.165) is 11.1 Å². The fourth-order valence-corrected chi connectivity index (χ4v) is 2.14. The Balaban J connectivity index is 2.02. The predicted octanol–water partition coefficient (Wildman–Crippen LogP) is 3.12. The standard InChI is InChI=1S/C16H17ClN2O/c1-19(11-13-10-14(18)7-8-15(13)17)16(20)9-12-5-3-2-4-6-12/h2-8,10H,9,11,18H2,1H3. The quantitative estimate of drug-likeness (QED) is 0.879. The Hall–Kier alpha value is -2.00. The molecular formula is C16H17ClN2O. The zero-order valence-corrected chi connectivity index (χ0v) is 12.1. The largest absolute Gasteiger partial charge is 0.399 e. The highest BCUT2D eigenvalue weighted by molar-refractivity contribution is 6.31. The van der Waals surface area contributed by atoms with Crippen molar-refractivity contribution < 1.29 is 4.79 Å². The molecule has 0 saturated carbocycles. The summed E-state index contributed by atoms with van der Waals surface area (Å²) in [6.45, 7) is 0.454. The van der Waals surface area contributed by atoms with Crippen molar-refractivity contribution in [3.63, 3.8) is 0 Å². The van der Waals surface area contributed by atoms with Gasteiger partial charge < -0.3 is 10.6 Å². The molecule has 0 spiro atoms. The van der Waals surface area contributed by atoms with Gasteiger partial charge in [-0.05, 0) is 29.3 Å². The van der Waals surface area contributed by atoms with Gasteiger partial charge in [0.15, 0.2) is 0 Å². The maximum Gasteiger partial charge on any atom is 0.227 e. The first kappa shape index (κ1) is 14.4. The molecule has 3 nitrogen and oxygen atoms in total. The van der Waals surface area contributed by atoms with Crippen molar-refractivity contribution in [1.82, 2.24) is 4.90 Å². The maximum atomic E-state index is 12.2. The molecule has 2 N–H and O–H groups in total. The highest BCUT2D eigenvalue weighted by Gasteiger charge is 2.12.